The van der Waals surface area contributed by atoms with Crippen LogP contribution in [0.25, 0.3) is 43.5 Å². The van der Waals surface area contributed by atoms with E-state index in [2.05, 4.69) is 62.4 Å². The largest absolute Gasteiger partial charge is 0.192 e. The van der Waals surface area contributed by atoms with Crippen LogP contribution in [0.3, 0.4) is 0 Å². The van der Waals surface area contributed by atoms with Crippen LogP contribution in [-0.2, 0) is 12.8 Å². The number of aryl methyl sites for hydroxylation is 2. The fourth-order valence-corrected chi connectivity index (χ4v) is 9.98. The number of hydrogen-bond donors (Lipinski definition) is 0. The first-order valence-electron chi connectivity index (χ1n) is 15.0. The van der Waals surface area contributed by atoms with Crippen molar-refractivity contribution in [3.05, 3.63) is 99.0 Å². The van der Waals surface area contributed by atoms with Gasteiger partial charge in [-0.05, 0) is 48.9 Å². The Balaban J connectivity index is 1.96. The maximum Gasteiger partial charge on any atom is 0.147 e. The van der Waals surface area contributed by atoms with Gasteiger partial charge in [0.25, 0.3) is 0 Å². The summed E-state index contributed by atoms with van der Waals surface area (Å²) in [6.07, 6.45) is 6.50. The second kappa shape index (κ2) is 13.1. The molecule has 3 aromatic carbocycles. The minimum Gasteiger partial charge on any atom is -0.192 e. The Bertz CT molecular complexity index is 2410. The van der Waals surface area contributed by atoms with Crippen LogP contribution in [0.4, 0.5) is 0 Å². The molecule has 6 rings (SSSR count). The number of nitriles is 4. The van der Waals surface area contributed by atoms with Crippen molar-refractivity contribution < 1.29 is 0 Å². The quantitative estimate of drug-likeness (QED) is 0.182. The molecule has 45 heavy (non-hydrogen) atoms. The van der Waals surface area contributed by atoms with Gasteiger partial charge in [0.15, 0.2) is 0 Å². The Kier molecular flexibility index (Phi) is 8.80. The highest BCUT2D eigenvalue weighted by molar-refractivity contribution is 7.15. The molecule has 0 fully saturated rings. The lowest BCUT2D eigenvalue weighted by Crippen LogP contribution is -1.97. The van der Waals surface area contributed by atoms with Crippen LogP contribution in [0.5, 0.6) is 0 Å². The molecule has 0 N–H and O–H groups in total. The molecule has 218 valence electrons. The minimum absolute atomic E-state index is 0.124. The molecular weight excluding hydrogens is 609 g/mol. The van der Waals surface area contributed by atoms with E-state index in [0.29, 0.717) is 9.06 Å². The Hall–Kier alpha value is -4.76. The first-order valence-corrected chi connectivity index (χ1v) is 17.5. The average molecular weight is 637 g/mol. The molecule has 0 atom stereocenters. The molecule has 4 nitrogen and oxygen atoms in total. The summed E-state index contributed by atoms with van der Waals surface area (Å²) >= 11 is 4.75. The summed E-state index contributed by atoms with van der Waals surface area (Å²) in [4.78, 5) is 0. The van der Waals surface area contributed by atoms with E-state index >= 15 is 0 Å². The molecule has 6 aromatic rings. The standard InChI is InChI=1S/C38H28N4S3/c1-3-5-11-23-17-31-32(18-24(23)12-6-4-2)38(36-30-16-10-8-14-28(30)34(44-36)26(21-41)22-42)45-37(31)35-29-15-9-7-13-27(29)33(43-35)25(19-39)20-40/h7-10,13-18H,3-6,11-12H2,1-2H3/b37-35-,38-36+. The third kappa shape index (κ3) is 5.31. The third-order valence-corrected chi connectivity index (χ3v) is 12.2. The van der Waals surface area contributed by atoms with E-state index in [4.69, 9.17) is 0 Å². The fraction of sp³-hybridized carbons (Fsp3) is 0.211. The van der Waals surface area contributed by atoms with E-state index in [1.54, 1.807) is 11.3 Å². The van der Waals surface area contributed by atoms with Crippen LogP contribution in [0.15, 0.2) is 60.7 Å². The predicted octanol–water partition coefficient (Wildman–Crippen LogP) is 8.99. The van der Waals surface area contributed by atoms with Crippen molar-refractivity contribution in [2.45, 2.75) is 52.4 Å². The number of thiophene rings is 3. The normalized spacial score (nSPS) is 12.5. The minimum atomic E-state index is 0.124. The van der Waals surface area contributed by atoms with Gasteiger partial charge in [0.05, 0.1) is 27.2 Å². The van der Waals surface area contributed by atoms with Gasteiger partial charge < -0.3 is 0 Å². The summed E-state index contributed by atoms with van der Waals surface area (Å²) in [5.41, 5.74) is 3.01. The highest BCUT2D eigenvalue weighted by atomic mass is 32.1. The third-order valence-electron chi connectivity index (χ3n) is 8.19. The highest BCUT2D eigenvalue weighted by Crippen LogP contribution is 2.34. The second-order valence-corrected chi connectivity index (χ2v) is 14.0. The molecule has 0 bridgehead atoms. The van der Waals surface area contributed by atoms with Crippen LogP contribution in [-0.4, -0.2) is 0 Å². The lowest BCUT2D eigenvalue weighted by atomic mass is 9.95. The van der Waals surface area contributed by atoms with E-state index in [1.165, 1.54) is 44.6 Å². The number of hydrogen-bond acceptors (Lipinski definition) is 7. The van der Waals surface area contributed by atoms with Gasteiger partial charge in [-0.25, -0.2) is 0 Å². The van der Waals surface area contributed by atoms with Crippen LogP contribution < -0.4 is 9.06 Å². The first kappa shape index (κ1) is 30.3. The SMILES string of the molecule is CCCCc1cc2/c(=c3/sc(=C(C#N)C#N)c4ccccc34)s/c(=c3/sc(=C(C#N)C#N)c4ccccc34)c2cc1CCCC. The summed E-state index contributed by atoms with van der Waals surface area (Å²) in [7, 11) is 0. The van der Waals surface area contributed by atoms with Crippen LogP contribution in [0.1, 0.15) is 50.7 Å². The molecule has 0 aliphatic carbocycles. The number of benzene rings is 3. The smallest absolute Gasteiger partial charge is 0.147 e. The number of fused-ring (bicyclic) bond motifs is 3. The molecule has 0 unspecified atom stereocenters. The summed E-state index contributed by atoms with van der Waals surface area (Å²) < 4.78 is 5.73. The molecule has 0 radical (unpaired) electrons. The van der Waals surface area contributed by atoms with Gasteiger partial charge in [-0.1, -0.05) is 75.2 Å². The molecule has 0 amide bonds. The van der Waals surface area contributed by atoms with Crippen LogP contribution in [0.2, 0.25) is 0 Å². The van der Waals surface area contributed by atoms with Crippen LogP contribution >= 0.6 is 34.0 Å². The fourth-order valence-electron chi connectivity index (χ4n) is 5.96. The Morgan fingerprint density at radius 3 is 1.22 bits per heavy atom. The summed E-state index contributed by atoms with van der Waals surface area (Å²) in [5, 5.41) is 45.4. The van der Waals surface area contributed by atoms with Gasteiger partial charge >= 0.3 is 0 Å². The Morgan fingerprint density at radius 2 is 0.867 bits per heavy atom. The molecule has 0 aliphatic heterocycles. The summed E-state index contributed by atoms with van der Waals surface area (Å²) in [5.74, 6) is 0. The molecule has 0 saturated heterocycles. The van der Waals surface area contributed by atoms with Crippen molar-refractivity contribution in [1.29, 1.82) is 21.0 Å². The van der Waals surface area contributed by atoms with Crippen molar-refractivity contribution in [2.24, 2.45) is 0 Å². The molecule has 7 heteroatoms. The van der Waals surface area contributed by atoms with Gasteiger partial charge in [0.2, 0.25) is 0 Å². The van der Waals surface area contributed by atoms with Gasteiger partial charge in [-0.15, -0.1) is 34.0 Å². The van der Waals surface area contributed by atoms with E-state index in [1.807, 2.05) is 36.4 Å². The predicted molar refractivity (Wildman–Crippen MR) is 187 cm³/mol. The van der Waals surface area contributed by atoms with Crippen molar-refractivity contribution in [2.75, 3.05) is 0 Å². The van der Waals surface area contributed by atoms with Crippen molar-refractivity contribution in [3.8, 4) is 24.3 Å². The van der Waals surface area contributed by atoms with Gasteiger partial charge in [-0.3, -0.25) is 0 Å². The lowest BCUT2D eigenvalue weighted by molar-refractivity contribution is 0.759. The molecule has 0 saturated carbocycles. The van der Waals surface area contributed by atoms with Crippen LogP contribution in [0, 0.1) is 63.5 Å². The van der Waals surface area contributed by atoms with E-state index < -0.39 is 0 Å². The number of rotatable bonds is 6. The van der Waals surface area contributed by atoms with Gasteiger partial charge in [-0.2, -0.15) is 21.0 Å². The zero-order chi connectivity index (χ0) is 31.5. The topological polar surface area (TPSA) is 95.2 Å². The maximum absolute atomic E-state index is 9.81. The molecule has 3 heterocycles. The zero-order valence-electron chi connectivity index (χ0n) is 25.0. The van der Waals surface area contributed by atoms with Crippen molar-refractivity contribution in [3.63, 3.8) is 0 Å². The Morgan fingerprint density at radius 1 is 0.511 bits per heavy atom. The molecule has 0 spiro atoms. The number of nitrogens with zero attached hydrogens (tertiary/aromatic N) is 4. The molecule has 0 aliphatic rings. The monoisotopic (exact) mass is 636 g/mol. The van der Waals surface area contributed by atoms with E-state index in [0.717, 1.165) is 78.2 Å². The average Bonchev–Trinajstić information content (AvgIpc) is 3.76. The molecular formula is C38H28N4S3. The summed E-state index contributed by atoms with van der Waals surface area (Å²) in [6.45, 7) is 4.45. The van der Waals surface area contributed by atoms with E-state index in [-0.39, 0.29) is 11.1 Å². The van der Waals surface area contributed by atoms with E-state index in [9.17, 15) is 21.0 Å². The lowest BCUT2D eigenvalue weighted by Gasteiger charge is -2.10. The first-order chi connectivity index (χ1) is 22.1. The maximum atomic E-state index is 9.81. The summed E-state index contributed by atoms with van der Waals surface area (Å²) in [6, 6.07) is 29.3. The zero-order valence-corrected chi connectivity index (χ0v) is 27.5. The van der Waals surface area contributed by atoms with Gasteiger partial charge in [0, 0.05) is 32.3 Å². The second-order valence-electron chi connectivity index (χ2n) is 10.9. The molecule has 3 aromatic heterocycles. The number of unbranched alkanes of at least 4 members (excludes halogenated alkanes) is 2. The van der Waals surface area contributed by atoms with Gasteiger partial charge in [0.1, 0.15) is 35.4 Å². The highest BCUT2D eigenvalue weighted by Gasteiger charge is 2.15. The van der Waals surface area contributed by atoms with Crippen molar-refractivity contribution in [1.82, 2.24) is 0 Å². The van der Waals surface area contributed by atoms with Crippen molar-refractivity contribution >= 4 is 77.5 Å². The Labute approximate surface area is 272 Å².